The zero-order chi connectivity index (χ0) is 68.7. The fourth-order valence-electron chi connectivity index (χ4n) is 19.2. The predicted molar refractivity (Wildman–Crippen MR) is 438 cm³/mol. The molecule has 0 N–H and O–H groups in total. The van der Waals surface area contributed by atoms with Crippen molar-refractivity contribution >= 4 is 109 Å². The van der Waals surface area contributed by atoms with Crippen LogP contribution in [-0.2, 0) is 17.3 Å². The van der Waals surface area contributed by atoms with Gasteiger partial charge in [0.1, 0.15) is 22.3 Å². The lowest BCUT2D eigenvalue weighted by Gasteiger charge is -2.29. The van der Waals surface area contributed by atoms with E-state index in [4.69, 9.17) is 8.83 Å². The first-order chi connectivity index (χ1) is 51.2. The summed E-state index contributed by atoms with van der Waals surface area (Å²) in [5.41, 5.74) is 28.9. The Morgan fingerprint density at radius 3 is 1.29 bits per heavy atom. The largest absolute Gasteiger partial charge is 0.455 e. The normalized spacial score (nSPS) is 14.5. The van der Waals surface area contributed by atoms with E-state index in [1.807, 2.05) is 0 Å². The van der Waals surface area contributed by atoms with Crippen molar-refractivity contribution in [1.82, 2.24) is 0 Å². The van der Waals surface area contributed by atoms with Crippen LogP contribution in [0, 0.1) is 0 Å². The minimum Gasteiger partial charge on any atom is -0.455 e. The van der Waals surface area contributed by atoms with Crippen LogP contribution in [0.15, 0.2) is 342 Å². The maximum Gasteiger partial charge on any atom is 0.143 e. The predicted octanol–water partition coefficient (Wildman–Crippen LogP) is 28.2. The van der Waals surface area contributed by atoms with Crippen LogP contribution >= 0.6 is 0 Å². The zero-order valence-corrected chi connectivity index (χ0v) is 57.8. The van der Waals surface area contributed by atoms with Crippen LogP contribution in [0.4, 0.5) is 0 Å². The Hall–Kier alpha value is -12.9. The molecule has 0 radical (unpaired) electrons. The first-order valence-electron chi connectivity index (χ1n) is 36.5. The van der Waals surface area contributed by atoms with Crippen molar-refractivity contribution in [2.45, 2.75) is 38.0 Å². The van der Waals surface area contributed by atoms with Crippen molar-refractivity contribution in [2.75, 3.05) is 0 Å². The van der Waals surface area contributed by atoms with Gasteiger partial charge < -0.3 is 8.83 Å². The van der Waals surface area contributed by atoms with Gasteiger partial charge in [0.25, 0.3) is 0 Å². The van der Waals surface area contributed by atoms with E-state index in [0.29, 0.717) is 0 Å². The van der Waals surface area contributed by atoms with Crippen LogP contribution in [0.1, 0.15) is 48.6 Å². The molecule has 0 amide bonds. The van der Waals surface area contributed by atoms with Gasteiger partial charge in [-0.25, -0.2) is 0 Å². The van der Waals surface area contributed by atoms with Gasteiger partial charge in [0.05, 0.1) is 0 Å². The maximum absolute atomic E-state index is 7.51. The Morgan fingerprint density at radius 1 is 0.240 bits per heavy atom. The highest BCUT2D eigenvalue weighted by Gasteiger charge is 2.44. The second-order valence-electron chi connectivity index (χ2n) is 29.8. The summed E-state index contributed by atoms with van der Waals surface area (Å²) in [4.78, 5) is 0. The van der Waals surface area contributed by atoms with E-state index >= 15 is 0 Å². The van der Waals surface area contributed by atoms with Gasteiger partial charge in [-0.1, -0.05) is 324 Å². The second-order valence-corrected chi connectivity index (χ2v) is 29.8. The first kappa shape index (κ1) is 58.9. The average Bonchev–Trinajstić information content (AvgIpc) is 1.51. The average molecular weight is 1320 g/mol. The highest BCUT2D eigenvalue weighted by molar-refractivity contribution is 6.30. The Balaban J connectivity index is 0.665. The van der Waals surface area contributed by atoms with Crippen molar-refractivity contribution < 1.29 is 8.83 Å². The Morgan fingerprint density at radius 2 is 0.692 bits per heavy atom. The molecule has 0 saturated heterocycles. The summed E-state index contributed by atoms with van der Waals surface area (Å²) in [6, 6.07) is 124. The van der Waals surface area contributed by atoms with Gasteiger partial charge in [0.2, 0.25) is 0 Å². The fraction of sp³-hybridized carbons (Fsp3) is 0.0588. The molecule has 18 aromatic carbocycles. The number of furan rings is 2. The molecule has 2 aliphatic carbocycles. The van der Waals surface area contributed by atoms with Gasteiger partial charge in [-0.15, -0.1) is 0 Å². The highest BCUT2D eigenvalue weighted by Crippen LogP contribution is 2.61. The van der Waals surface area contributed by atoms with Crippen LogP contribution in [-0.4, -0.2) is 0 Å². The lowest BCUT2D eigenvalue weighted by atomic mass is 9.73. The third-order valence-corrected chi connectivity index (χ3v) is 23.8. The molecule has 0 aliphatic heterocycles. The van der Waals surface area contributed by atoms with Crippen molar-refractivity contribution in [3.05, 3.63) is 361 Å². The molecule has 20 aromatic rings. The van der Waals surface area contributed by atoms with Gasteiger partial charge in [-0.2, -0.15) is 0 Å². The third-order valence-electron chi connectivity index (χ3n) is 23.8. The highest BCUT2D eigenvalue weighted by atomic mass is 16.3. The van der Waals surface area contributed by atoms with Crippen LogP contribution in [0.2, 0.25) is 0 Å². The van der Waals surface area contributed by atoms with E-state index in [2.05, 4.69) is 354 Å². The van der Waals surface area contributed by atoms with Gasteiger partial charge in [0.15, 0.2) is 0 Å². The quantitative estimate of drug-likeness (QED) is 0.142. The van der Waals surface area contributed by atoms with E-state index in [1.54, 1.807) is 0 Å². The third kappa shape index (κ3) is 8.39. The molecule has 0 fully saturated rings. The molecule has 104 heavy (non-hydrogen) atoms. The van der Waals surface area contributed by atoms with Gasteiger partial charge in [-0.05, 0) is 196 Å². The van der Waals surface area contributed by atoms with E-state index < -0.39 is 5.41 Å². The topological polar surface area (TPSA) is 26.3 Å². The number of benzene rings is 18. The summed E-state index contributed by atoms with van der Waals surface area (Å²) in [5.74, 6) is 0. The Labute approximate surface area is 602 Å². The minimum atomic E-state index is -0.427. The molecule has 2 aromatic heterocycles. The smallest absolute Gasteiger partial charge is 0.143 e. The SMILES string of the molecule is CC1(C)c2ccccc2-c2c1cc1c(oc3ccc4ccccc4c31)c2-c1c2ccccc2c(-c2ccc(-c3ccc(CC4(C)c5ccccc5-c5cc(-c6c7ccccc7c(-c7ccc(-c8ccccc8)cc7)c7ccccc67)c6oc7cc8ccccc8cc7c6c54)cc3)cc2)c2ccccc12. The number of rotatable bonds is 8. The molecule has 2 heterocycles. The minimum absolute atomic E-state index is 0.240. The van der Waals surface area contributed by atoms with Crippen LogP contribution < -0.4 is 0 Å². The standard InChI is InChI=1S/C102H66O2/c1-101(2)85-39-21-20-38-80(85)95-87(101)58-84-93-70-28-10-9-25-65(70)53-54-88(93)103-100(84)97(95)94-78-36-17-13-32-74(78)91(75-33-14-18-37-79(75)94)67-51-47-64(48-52-67)62-43-41-60(42-44-62)59-102(3)86-40-22-19-29-71(86)81-57-83(99-96(98(81)102)82-55-68-26-7-8-27-69(68)56-89(82)104-99)92-76-34-15-11-30-72(76)90(73-31-12-16-35-77(73)92)66-49-45-63(46-50-66)61-23-5-4-6-24-61/h4-58H,59H2,1-3H3. The molecule has 0 spiro atoms. The van der Waals surface area contributed by atoms with Gasteiger partial charge in [-0.3, -0.25) is 0 Å². The van der Waals surface area contributed by atoms with Crippen molar-refractivity contribution in [1.29, 1.82) is 0 Å². The molecule has 2 aliphatic rings. The molecular weight excluding hydrogens is 1260 g/mol. The molecule has 1 atom stereocenters. The fourth-order valence-corrected chi connectivity index (χ4v) is 19.2. The molecular formula is C102H66O2. The van der Waals surface area contributed by atoms with Crippen LogP contribution in [0.25, 0.3) is 198 Å². The van der Waals surface area contributed by atoms with Crippen LogP contribution in [0.5, 0.6) is 0 Å². The number of hydrogen-bond donors (Lipinski definition) is 0. The van der Waals surface area contributed by atoms with Gasteiger partial charge in [0, 0.05) is 54.6 Å². The Kier molecular flexibility index (Phi) is 12.5. The molecule has 22 rings (SSSR count). The van der Waals surface area contributed by atoms with Gasteiger partial charge >= 0.3 is 0 Å². The molecule has 2 heteroatoms. The number of hydrogen-bond acceptors (Lipinski definition) is 2. The number of fused-ring (bicyclic) bond motifs is 20. The van der Waals surface area contributed by atoms with Crippen molar-refractivity contribution in [2.24, 2.45) is 0 Å². The Bertz CT molecular complexity index is 6950. The van der Waals surface area contributed by atoms with E-state index in [1.165, 1.54) is 176 Å². The molecule has 0 saturated carbocycles. The van der Waals surface area contributed by atoms with Crippen LogP contribution in [0.3, 0.4) is 0 Å². The molecule has 1 unspecified atom stereocenters. The summed E-state index contributed by atoms with van der Waals surface area (Å²) in [6.45, 7) is 7.27. The van der Waals surface area contributed by atoms with E-state index in [0.717, 1.165) is 56.0 Å². The lowest BCUT2D eigenvalue weighted by Crippen LogP contribution is -2.24. The monoisotopic (exact) mass is 1320 g/mol. The van der Waals surface area contributed by atoms with E-state index in [9.17, 15) is 0 Å². The first-order valence-corrected chi connectivity index (χ1v) is 36.5. The van der Waals surface area contributed by atoms with E-state index in [-0.39, 0.29) is 5.41 Å². The summed E-state index contributed by atoms with van der Waals surface area (Å²) in [5, 5.41) is 19.1. The maximum atomic E-state index is 7.51. The summed E-state index contributed by atoms with van der Waals surface area (Å²) < 4.78 is 14.8. The summed E-state index contributed by atoms with van der Waals surface area (Å²) in [7, 11) is 0. The van der Waals surface area contributed by atoms with Crippen molar-refractivity contribution in [3.63, 3.8) is 0 Å². The molecule has 486 valence electrons. The zero-order valence-electron chi connectivity index (χ0n) is 57.8. The molecule has 0 bridgehead atoms. The van der Waals surface area contributed by atoms with Crippen molar-refractivity contribution in [3.8, 4) is 89.0 Å². The summed E-state index contributed by atoms with van der Waals surface area (Å²) in [6.07, 6.45) is 0.791. The second kappa shape index (κ2) is 22.1. The lowest BCUT2D eigenvalue weighted by molar-refractivity contribution is 0.587. The summed E-state index contributed by atoms with van der Waals surface area (Å²) >= 11 is 0. The molecule has 2 nitrogen and oxygen atoms in total.